The SMILES string of the molecule is C1=CCCC1.CCCCCCl. The molecular formula is C10H19Cl. The predicted octanol–water partition coefficient (Wildman–Crippen LogP) is 4.14. The average Bonchev–Trinajstić information content (AvgIpc) is 2.57. The first-order valence-corrected chi connectivity index (χ1v) is 5.16. The van der Waals surface area contributed by atoms with Gasteiger partial charge in [-0.2, -0.15) is 0 Å². The molecule has 0 saturated heterocycles. The molecular weight excluding hydrogens is 156 g/mol. The molecule has 1 aliphatic carbocycles. The van der Waals surface area contributed by atoms with Crippen LogP contribution in [0.2, 0.25) is 0 Å². The molecule has 0 N–H and O–H groups in total. The molecule has 0 aromatic heterocycles. The molecule has 0 nitrogen and oxygen atoms in total. The van der Waals surface area contributed by atoms with Gasteiger partial charge in [-0.1, -0.05) is 31.9 Å². The highest BCUT2D eigenvalue weighted by molar-refractivity contribution is 6.17. The third kappa shape index (κ3) is 10.0. The zero-order chi connectivity index (χ0) is 8.36. The van der Waals surface area contributed by atoms with Gasteiger partial charge in [0.15, 0.2) is 0 Å². The van der Waals surface area contributed by atoms with Crippen molar-refractivity contribution < 1.29 is 0 Å². The molecule has 0 aromatic rings. The smallest absolute Gasteiger partial charge is 0.0223 e. The average molecular weight is 175 g/mol. The monoisotopic (exact) mass is 174 g/mol. The van der Waals surface area contributed by atoms with Gasteiger partial charge in [-0.3, -0.25) is 0 Å². The van der Waals surface area contributed by atoms with Crippen LogP contribution in [0.5, 0.6) is 0 Å². The first-order valence-electron chi connectivity index (χ1n) is 4.62. The minimum absolute atomic E-state index is 0.827. The summed E-state index contributed by atoms with van der Waals surface area (Å²) in [6.45, 7) is 2.17. The van der Waals surface area contributed by atoms with E-state index >= 15 is 0 Å². The molecule has 1 rings (SSSR count). The second-order valence-corrected chi connectivity index (χ2v) is 3.18. The van der Waals surface area contributed by atoms with E-state index in [0.717, 1.165) is 5.88 Å². The number of rotatable bonds is 3. The second-order valence-electron chi connectivity index (χ2n) is 2.80. The topological polar surface area (TPSA) is 0 Å². The summed E-state index contributed by atoms with van der Waals surface area (Å²) in [6, 6.07) is 0. The molecule has 0 aliphatic heterocycles. The van der Waals surface area contributed by atoms with E-state index in [1.54, 1.807) is 0 Å². The molecule has 1 heteroatoms. The van der Waals surface area contributed by atoms with Crippen LogP contribution in [0.4, 0.5) is 0 Å². The van der Waals surface area contributed by atoms with Gasteiger partial charge < -0.3 is 0 Å². The maximum absolute atomic E-state index is 5.38. The van der Waals surface area contributed by atoms with Crippen molar-refractivity contribution in [2.75, 3.05) is 5.88 Å². The summed E-state index contributed by atoms with van der Waals surface area (Å²) in [5.74, 6) is 0.827. The molecule has 0 spiro atoms. The van der Waals surface area contributed by atoms with Crippen LogP contribution >= 0.6 is 11.6 Å². The van der Waals surface area contributed by atoms with Gasteiger partial charge in [-0.25, -0.2) is 0 Å². The van der Waals surface area contributed by atoms with Gasteiger partial charge in [0.1, 0.15) is 0 Å². The van der Waals surface area contributed by atoms with Crippen molar-refractivity contribution in [3.8, 4) is 0 Å². The summed E-state index contributed by atoms with van der Waals surface area (Å²) in [4.78, 5) is 0. The fourth-order valence-electron chi connectivity index (χ4n) is 0.934. The molecule has 0 radical (unpaired) electrons. The van der Waals surface area contributed by atoms with E-state index in [4.69, 9.17) is 11.6 Å². The van der Waals surface area contributed by atoms with E-state index in [-0.39, 0.29) is 0 Å². The molecule has 0 unspecified atom stereocenters. The Labute approximate surface area is 75.6 Å². The number of hydrogen-bond acceptors (Lipinski definition) is 0. The summed E-state index contributed by atoms with van der Waals surface area (Å²) < 4.78 is 0. The minimum atomic E-state index is 0.827. The van der Waals surface area contributed by atoms with Crippen LogP contribution in [-0.4, -0.2) is 5.88 Å². The van der Waals surface area contributed by atoms with Gasteiger partial charge in [-0.15, -0.1) is 11.6 Å². The molecule has 0 fully saturated rings. The van der Waals surface area contributed by atoms with E-state index in [0.29, 0.717) is 0 Å². The zero-order valence-corrected chi connectivity index (χ0v) is 8.24. The molecule has 66 valence electrons. The van der Waals surface area contributed by atoms with Crippen LogP contribution in [0.25, 0.3) is 0 Å². The lowest BCUT2D eigenvalue weighted by Crippen LogP contribution is -1.70. The van der Waals surface area contributed by atoms with Crippen LogP contribution in [0.1, 0.15) is 45.4 Å². The lowest BCUT2D eigenvalue weighted by molar-refractivity contribution is 0.776. The maximum Gasteiger partial charge on any atom is 0.0223 e. The Kier molecular flexibility index (Phi) is 10.1. The Hall–Kier alpha value is 0.0300. The molecule has 0 saturated carbocycles. The highest BCUT2D eigenvalue weighted by atomic mass is 35.5. The minimum Gasteiger partial charge on any atom is -0.127 e. The van der Waals surface area contributed by atoms with Crippen LogP contribution in [0.15, 0.2) is 12.2 Å². The fraction of sp³-hybridized carbons (Fsp3) is 0.800. The Balaban J connectivity index is 0.000000183. The first-order chi connectivity index (χ1) is 5.41. The molecule has 0 heterocycles. The third-order valence-electron chi connectivity index (χ3n) is 1.65. The largest absolute Gasteiger partial charge is 0.127 e. The number of unbranched alkanes of at least 4 members (excludes halogenated alkanes) is 2. The standard InChI is InChI=1S/C5H11Cl.C5H8/c1-2-3-4-5-6;1-2-4-5-3-1/h2-5H2,1H3;1-2H,3-5H2. The molecule has 0 atom stereocenters. The van der Waals surface area contributed by atoms with E-state index in [1.807, 2.05) is 0 Å². The lowest BCUT2D eigenvalue weighted by atomic mass is 10.3. The number of hydrogen-bond donors (Lipinski definition) is 0. The van der Waals surface area contributed by atoms with Crippen molar-refractivity contribution in [3.63, 3.8) is 0 Å². The van der Waals surface area contributed by atoms with Crippen LogP contribution in [0.3, 0.4) is 0 Å². The molecule has 0 bridgehead atoms. The highest BCUT2D eigenvalue weighted by Crippen LogP contribution is 2.05. The lowest BCUT2D eigenvalue weighted by Gasteiger charge is -1.84. The molecule has 11 heavy (non-hydrogen) atoms. The summed E-state index contributed by atoms with van der Waals surface area (Å²) in [6.07, 6.45) is 12.2. The normalized spacial score (nSPS) is 14.4. The van der Waals surface area contributed by atoms with Gasteiger partial charge in [0.05, 0.1) is 0 Å². The van der Waals surface area contributed by atoms with Crippen LogP contribution < -0.4 is 0 Å². The summed E-state index contributed by atoms with van der Waals surface area (Å²) >= 11 is 5.38. The molecule has 1 aliphatic rings. The summed E-state index contributed by atoms with van der Waals surface area (Å²) in [5, 5.41) is 0. The fourth-order valence-corrected chi connectivity index (χ4v) is 1.12. The Morgan fingerprint density at radius 3 is 2.00 bits per heavy atom. The van der Waals surface area contributed by atoms with Crippen molar-refractivity contribution in [1.82, 2.24) is 0 Å². The number of allylic oxidation sites excluding steroid dienone is 2. The summed E-state index contributed by atoms with van der Waals surface area (Å²) in [5.41, 5.74) is 0. The van der Waals surface area contributed by atoms with E-state index in [1.165, 1.54) is 38.5 Å². The Morgan fingerprint density at radius 1 is 1.18 bits per heavy atom. The molecule has 0 aromatic carbocycles. The van der Waals surface area contributed by atoms with Crippen molar-refractivity contribution in [2.24, 2.45) is 0 Å². The second kappa shape index (κ2) is 10.0. The third-order valence-corrected chi connectivity index (χ3v) is 1.91. The summed E-state index contributed by atoms with van der Waals surface area (Å²) in [7, 11) is 0. The molecule has 0 amide bonds. The van der Waals surface area contributed by atoms with Gasteiger partial charge in [0, 0.05) is 5.88 Å². The van der Waals surface area contributed by atoms with Crippen LogP contribution in [-0.2, 0) is 0 Å². The van der Waals surface area contributed by atoms with Crippen molar-refractivity contribution >= 4 is 11.6 Å². The van der Waals surface area contributed by atoms with Gasteiger partial charge in [0.2, 0.25) is 0 Å². The first kappa shape index (κ1) is 11.0. The van der Waals surface area contributed by atoms with Crippen molar-refractivity contribution in [1.29, 1.82) is 0 Å². The van der Waals surface area contributed by atoms with Gasteiger partial charge >= 0.3 is 0 Å². The quantitative estimate of drug-likeness (QED) is 0.343. The van der Waals surface area contributed by atoms with Crippen LogP contribution in [0, 0.1) is 0 Å². The van der Waals surface area contributed by atoms with Gasteiger partial charge in [0.25, 0.3) is 0 Å². The predicted molar refractivity (Wildman–Crippen MR) is 53.2 cm³/mol. The van der Waals surface area contributed by atoms with E-state index < -0.39 is 0 Å². The number of halogens is 1. The van der Waals surface area contributed by atoms with E-state index in [2.05, 4.69) is 19.1 Å². The zero-order valence-electron chi connectivity index (χ0n) is 7.48. The Morgan fingerprint density at radius 2 is 1.82 bits per heavy atom. The van der Waals surface area contributed by atoms with Crippen molar-refractivity contribution in [3.05, 3.63) is 12.2 Å². The van der Waals surface area contributed by atoms with E-state index in [9.17, 15) is 0 Å². The highest BCUT2D eigenvalue weighted by Gasteiger charge is 1.84. The Bertz CT molecular complexity index is 76.9. The number of alkyl halides is 1. The van der Waals surface area contributed by atoms with Gasteiger partial charge in [-0.05, 0) is 25.7 Å². The van der Waals surface area contributed by atoms with Crippen molar-refractivity contribution in [2.45, 2.75) is 45.4 Å². The maximum atomic E-state index is 5.38.